The molecule has 0 saturated carbocycles. The topological polar surface area (TPSA) is 86.8 Å². The second-order valence-corrected chi connectivity index (χ2v) is 11.6. The molecule has 0 aliphatic carbocycles. The highest BCUT2D eigenvalue weighted by Gasteiger charge is 2.32. The lowest BCUT2D eigenvalue weighted by atomic mass is 10.1. The Kier molecular flexibility index (Phi) is 11.1. The molecule has 0 radical (unpaired) electrons. The van der Waals surface area contributed by atoms with E-state index in [2.05, 4.69) is 5.32 Å². The number of rotatable bonds is 12. The van der Waals surface area contributed by atoms with Gasteiger partial charge in [0.25, 0.3) is 0 Å². The highest BCUT2D eigenvalue weighted by atomic mass is 35.5. The molecule has 2 amide bonds. The molecule has 1 atom stereocenters. The van der Waals surface area contributed by atoms with E-state index in [1.54, 1.807) is 37.3 Å². The molecule has 36 heavy (non-hydrogen) atoms. The molecule has 0 spiro atoms. The predicted octanol–water partition coefficient (Wildman–Crippen LogP) is 5.10. The lowest BCUT2D eigenvalue weighted by Gasteiger charge is -2.33. The van der Waals surface area contributed by atoms with Crippen LogP contribution in [0.1, 0.15) is 49.8 Å². The number of hydrogen-bond acceptors (Lipinski definition) is 4. The van der Waals surface area contributed by atoms with Crippen LogP contribution in [0.5, 0.6) is 0 Å². The zero-order chi connectivity index (χ0) is 27.0. The molecular weight excluding hydrogens is 521 g/mol. The Bertz CT molecular complexity index is 1150. The molecular formula is C26H35Cl2N3O4S. The van der Waals surface area contributed by atoms with Crippen LogP contribution in [-0.4, -0.2) is 50.5 Å². The van der Waals surface area contributed by atoms with E-state index in [1.807, 2.05) is 26.8 Å². The fourth-order valence-electron chi connectivity index (χ4n) is 3.99. The van der Waals surface area contributed by atoms with Crippen molar-refractivity contribution >= 4 is 50.7 Å². The maximum Gasteiger partial charge on any atom is 0.244 e. The van der Waals surface area contributed by atoms with Crippen molar-refractivity contribution in [1.29, 1.82) is 0 Å². The van der Waals surface area contributed by atoms with E-state index < -0.39 is 28.5 Å². The summed E-state index contributed by atoms with van der Waals surface area (Å²) in [6.45, 7) is 7.52. The fraction of sp³-hybridized carbons (Fsp3) is 0.462. The van der Waals surface area contributed by atoms with Crippen LogP contribution in [0.15, 0.2) is 36.4 Å². The van der Waals surface area contributed by atoms with Gasteiger partial charge in [-0.1, -0.05) is 55.6 Å². The summed E-state index contributed by atoms with van der Waals surface area (Å²) in [5, 5.41) is 3.60. The summed E-state index contributed by atoms with van der Waals surface area (Å²) >= 11 is 12.8. The smallest absolute Gasteiger partial charge is 0.244 e. The van der Waals surface area contributed by atoms with Gasteiger partial charge in [0, 0.05) is 28.7 Å². The maximum atomic E-state index is 13.8. The molecule has 2 aromatic rings. The van der Waals surface area contributed by atoms with Gasteiger partial charge in [0.2, 0.25) is 21.8 Å². The molecule has 0 fully saturated rings. The van der Waals surface area contributed by atoms with Crippen LogP contribution in [-0.2, 0) is 26.2 Å². The van der Waals surface area contributed by atoms with Crippen LogP contribution in [0.3, 0.4) is 0 Å². The molecule has 0 saturated heterocycles. The molecule has 0 bridgehead atoms. The first-order valence-electron chi connectivity index (χ1n) is 11.9. The van der Waals surface area contributed by atoms with Crippen molar-refractivity contribution in [3.05, 3.63) is 63.1 Å². The van der Waals surface area contributed by atoms with Gasteiger partial charge in [-0.05, 0) is 62.1 Å². The zero-order valence-electron chi connectivity index (χ0n) is 21.5. The van der Waals surface area contributed by atoms with Crippen molar-refractivity contribution in [1.82, 2.24) is 10.2 Å². The molecule has 2 aromatic carbocycles. The molecule has 2 rings (SSSR count). The summed E-state index contributed by atoms with van der Waals surface area (Å²) in [7, 11) is -3.81. The van der Waals surface area contributed by atoms with Crippen LogP contribution in [0.25, 0.3) is 0 Å². The van der Waals surface area contributed by atoms with Crippen LogP contribution in [0.2, 0.25) is 10.0 Å². The first-order valence-corrected chi connectivity index (χ1v) is 14.6. The summed E-state index contributed by atoms with van der Waals surface area (Å²) in [6, 6.07) is 9.53. The molecule has 1 N–H and O–H groups in total. The number of carbonyl (C=O) groups is 2. The van der Waals surface area contributed by atoms with Gasteiger partial charge < -0.3 is 10.2 Å². The molecule has 0 unspecified atom stereocenters. The minimum atomic E-state index is -3.81. The van der Waals surface area contributed by atoms with Gasteiger partial charge in [0.05, 0.1) is 11.9 Å². The summed E-state index contributed by atoms with van der Waals surface area (Å²) in [5.74, 6) is -0.840. The van der Waals surface area contributed by atoms with Gasteiger partial charge in [-0.3, -0.25) is 13.9 Å². The SMILES string of the molecule is CCCCNC(=O)[C@@H](CC)N(Cc1c(Cl)cccc1Cl)C(=O)CN(c1cc(C)cc(C)c1)S(C)(=O)=O. The first kappa shape index (κ1) is 29.9. The second kappa shape index (κ2) is 13.3. The van der Waals surface area contributed by atoms with E-state index in [0.717, 1.165) is 34.5 Å². The number of sulfonamides is 1. The number of nitrogens with zero attached hydrogens (tertiary/aromatic N) is 2. The van der Waals surface area contributed by atoms with E-state index in [9.17, 15) is 18.0 Å². The van der Waals surface area contributed by atoms with Crippen molar-refractivity contribution < 1.29 is 18.0 Å². The van der Waals surface area contributed by atoms with E-state index in [1.165, 1.54) is 4.90 Å². The van der Waals surface area contributed by atoms with Crippen LogP contribution >= 0.6 is 23.2 Å². The number of anilines is 1. The molecule has 0 aliphatic heterocycles. The standard InChI is InChI=1S/C26H35Cl2N3O4S/c1-6-8-12-29-26(33)24(7-2)30(16-21-22(27)10-9-11-23(21)28)25(32)17-31(36(5,34)35)20-14-18(3)13-19(4)15-20/h9-11,13-15,24H,6-8,12,16-17H2,1-5H3,(H,29,33)/t24-/m1/s1. The van der Waals surface area contributed by atoms with Crippen molar-refractivity contribution in [2.24, 2.45) is 0 Å². The Morgan fingerprint density at radius 3 is 2.11 bits per heavy atom. The third-order valence-corrected chi connectivity index (χ3v) is 7.63. The minimum absolute atomic E-state index is 0.0402. The highest BCUT2D eigenvalue weighted by molar-refractivity contribution is 7.92. The molecule has 10 heteroatoms. The molecule has 198 valence electrons. The van der Waals surface area contributed by atoms with E-state index in [-0.39, 0.29) is 12.5 Å². The van der Waals surface area contributed by atoms with Crippen molar-refractivity contribution in [2.45, 2.75) is 59.5 Å². The Morgan fingerprint density at radius 1 is 1.03 bits per heavy atom. The van der Waals surface area contributed by atoms with Gasteiger partial charge in [-0.2, -0.15) is 0 Å². The largest absolute Gasteiger partial charge is 0.354 e. The number of benzene rings is 2. The average Bonchev–Trinajstić information content (AvgIpc) is 2.77. The number of unbranched alkanes of at least 4 members (excludes halogenated alkanes) is 1. The molecule has 0 heterocycles. The number of nitrogens with one attached hydrogen (secondary N) is 1. The number of aryl methyl sites for hydroxylation is 2. The van der Waals surface area contributed by atoms with Crippen molar-refractivity contribution in [3.63, 3.8) is 0 Å². The van der Waals surface area contributed by atoms with Crippen molar-refractivity contribution in [2.75, 3.05) is 23.7 Å². The van der Waals surface area contributed by atoms with E-state index in [0.29, 0.717) is 34.3 Å². The third-order valence-electron chi connectivity index (χ3n) is 5.78. The Balaban J connectivity index is 2.49. The number of halogens is 2. The van der Waals surface area contributed by atoms with E-state index in [4.69, 9.17) is 23.2 Å². The average molecular weight is 557 g/mol. The summed E-state index contributed by atoms with van der Waals surface area (Å²) in [5.41, 5.74) is 2.62. The Labute approximate surface area is 224 Å². The maximum absolute atomic E-state index is 13.8. The first-order chi connectivity index (χ1) is 16.9. The zero-order valence-corrected chi connectivity index (χ0v) is 23.8. The summed E-state index contributed by atoms with van der Waals surface area (Å²) in [4.78, 5) is 28.2. The van der Waals surface area contributed by atoms with Gasteiger partial charge in [-0.25, -0.2) is 8.42 Å². The quantitative estimate of drug-likeness (QED) is 0.369. The van der Waals surface area contributed by atoms with Gasteiger partial charge in [0.1, 0.15) is 12.6 Å². The van der Waals surface area contributed by atoms with Crippen LogP contribution in [0.4, 0.5) is 5.69 Å². The lowest BCUT2D eigenvalue weighted by Crippen LogP contribution is -2.52. The molecule has 0 aliphatic rings. The summed E-state index contributed by atoms with van der Waals surface area (Å²) in [6.07, 6.45) is 3.10. The number of carbonyl (C=O) groups excluding carboxylic acids is 2. The normalized spacial score (nSPS) is 12.2. The fourth-order valence-corrected chi connectivity index (χ4v) is 5.34. The van der Waals surface area contributed by atoms with Crippen LogP contribution < -0.4 is 9.62 Å². The Hall–Kier alpha value is -2.29. The van der Waals surface area contributed by atoms with Gasteiger partial charge >= 0.3 is 0 Å². The third kappa shape index (κ3) is 8.11. The predicted molar refractivity (Wildman–Crippen MR) is 147 cm³/mol. The van der Waals surface area contributed by atoms with Crippen molar-refractivity contribution in [3.8, 4) is 0 Å². The monoisotopic (exact) mass is 555 g/mol. The van der Waals surface area contributed by atoms with Crippen LogP contribution in [0, 0.1) is 13.8 Å². The number of hydrogen-bond donors (Lipinski definition) is 1. The van der Waals surface area contributed by atoms with Gasteiger partial charge in [-0.15, -0.1) is 0 Å². The highest BCUT2D eigenvalue weighted by Crippen LogP contribution is 2.28. The Morgan fingerprint density at radius 2 is 1.61 bits per heavy atom. The van der Waals surface area contributed by atoms with Gasteiger partial charge in [0.15, 0.2) is 0 Å². The molecule has 7 nitrogen and oxygen atoms in total. The number of amides is 2. The minimum Gasteiger partial charge on any atom is -0.354 e. The second-order valence-electron chi connectivity index (χ2n) is 8.91. The molecule has 0 aromatic heterocycles. The summed E-state index contributed by atoms with van der Waals surface area (Å²) < 4.78 is 26.6. The van der Waals surface area contributed by atoms with E-state index >= 15 is 0 Å². The lowest BCUT2D eigenvalue weighted by molar-refractivity contribution is -0.140.